The van der Waals surface area contributed by atoms with Gasteiger partial charge in [-0.2, -0.15) is 0 Å². The molecule has 0 bridgehead atoms. The van der Waals surface area contributed by atoms with Gasteiger partial charge in [0.15, 0.2) is 6.61 Å². The number of carbonyl (C=O) groups is 1. The van der Waals surface area contributed by atoms with E-state index in [0.29, 0.717) is 18.7 Å². The molecule has 0 atom stereocenters. The number of aromatic nitrogens is 3. The molecule has 1 amide bonds. The Hall–Kier alpha value is -3.35. The van der Waals surface area contributed by atoms with Crippen molar-refractivity contribution in [1.29, 1.82) is 0 Å². The van der Waals surface area contributed by atoms with Crippen molar-refractivity contribution in [3.63, 3.8) is 0 Å². The summed E-state index contributed by atoms with van der Waals surface area (Å²) in [4.78, 5) is 11.9. The van der Waals surface area contributed by atoms with E-state index in [9.17, 15) is 9.90 Å². The van der Waals surface area contributed by atoms with Crippen LogP contribution < -0.4 is 10.1 Å². The van der Waals surface area contributed by atoms with Gasteiger partial charge in [-0.3, -0.25) is 9.36 Å². The molecule has 2 aromatic carbocycles. The average Bonchev–Trinajstić information content (AvgIpc) is 3.17. The first kappa shape index (κ1) is 16.5. The Morgan fingerprint density at radius 1 is 1.12 bits per heavy atom. The minimum atomic E-state index is -0.187. The molecule has 3 rings (SSSR count). The second-order valence-corrected chi connectivity index (χ2v) is 5.42. The van der Waals surface area contributed by atoms with Crippen LogP contribution in [0.3, 0.4) is 0 Å². The average molecular weight is 338 g/mol. The van der Waals surface area contributed by atoms with E-state index in [0.717, 1.165) is 11.3 Å². The van der Waals surface area contributed by atoms with E-state index in [4.69, 9.17) is 4.74 Å². The first-order chi connectivity index (χ1) is 12.2. The van der Waals surface area contributed by atoms with Crippen molar-refractivity contribution in [2.45, 2.75) is 6.42 Å². The van der Waals surface area contributed by atoms with Crippen LogP contribution in [-0.4, -0.2) is 38.9 Å². The SMILES string of the molecule is O=C(COc1cccc(-n2cnnc2)c1)NCCc1ccc(O)cc1. The Bertz CT molecular complexity index is 817. The number of hydrogen-bond donors (Lipinski definition) is 2. The van der Waals surface area contributed by atoms with Crippen molar-refractivity contribution >= 4 is 5.91 Å². The topological polar surface area (TPSA) is 89.3 Å². The summed E-state index contributed by atoms with van der Waals surface area (Å²) in [5.74, 6) is 0.642. The number of carbonyl (C=O) groups excluding carboxylic acids is 1. The molecule has 3 aromatic rings. The molecule has 2 N–H and O–H groups in total. The highest BCUT2D eigenvalue weighted by molar-refractivity contribution is 5.77. The summed E-state index contributed by atoms with van der Waals surface area (Å²) < 4.78 is 7.28. The third-order valence-corrected chi connectivity index (χ3v) is 3.58. The van der Waals surface area contributed by atoms with Crippen molar-refractivity contribution in [3.05, 3.63) is 66.7 Å². The van der Waals surface area contributed by atoms with Crippen molar-refractivity contribution in [2.24, 2.45) is 0 Å². The second kappa shape index (κ2) is 7.96. The minimum Gasteiger partial charge on any atom is -0.508 e. The Labute approximate surface area is 144 Å². The summed E-state index contributed by atoms with van der Waals surface area (Å²) in [5.41, 5.74) is 1.90. The number of nitrogens with one attached hydrogen (secondary N) is 1. The predicted octanol–water partition coefficient (Wildman–Crippen LogP) is 1.71. The summed E-state index contributed by atoms with van der Waals surface area (Å²) in [6.45, 7) is 0.453. The molecule has 25 heavy (non-hydrogen) atoms. The Kier molecular flexibility index (Phi) is 5.26. The van der Waals surface area contributed by atoms with Crippen molar-refractivity contribution in [3.8, 4) is 17.2 Å². The molecule has 128 valence electrons. The van der Waals surface area contributed by atoms with Crippen molar-refractivity contribution in [1.82, 2.24) is 20.1 Å². The van der Waals surface area contributed by atoms with Crippen LogP contribution in [0.1, 0.15) is 5.56 Å². The third-order valence-electron chi connectivity index (χ3n) is 3.58. The summed E-state index contributed by atoms with van der Waals surface area (Å²) >= 11 is 0. The molecule has 7 nitrogen and oxygen atoms in total. The number of phenolic OH excluding ortho intramolecular Hbond substituents is 1. The normalized spacial score (nSPS) is 10.4. The molecule has 0 saturated carbocycles. The maximum Gasteiger partial charge on any atom is 0.257 e. The molecule has 0 unspecified atom stereocenters. The van der Waals surface area contributed by atoms with Crippen LogP contribution >= 0.6 is 0 Å². The molecular weight excluding hydrogens is 320 g/mol. The summed E-state index contributed by atoms with van der Waals surface area (Å²) in [6, 6.07) is 14.3. The van der Waals surface area contributed by atoms with E-state index in [1.165, 1.54) is 0 Å². The molecule has 1 heterocycles. The van der Waals surface area contributed by atoms with Gasteiger partial charge in [0.2, 0.25) is 0 Å². The van der Waals surface area contributed by atoms with E-state index >= 15 is 0 Å². The molecule has 0 aliphatic carbocycles. The smallest absolute Gasteiger partial charge is 0.257 e. The van der Waals surface area contributed by atoms with Crippen molar-refractivity contribution < 1.29 is 14.6 Å². The molecular formula is C18H18N4O3. The molecule has 7 heteroatoms. The first-order valence-corrected chi connectivity index (χ1v) is 7.83. The molecule has 0 aliphatic heterocycles. The highest BCUT2D eigenvalue weighted by Crippen LogP contribution is 2.16. The lowest BCUT2D eigenvalue weighted by atomic mass is 10.1. The fraction of sp³-hybridized carbons (Fsp3) is 0.167. The number of aromatic hydroxyl groups is 1. The maximum absolute atomic E-state index is 11.9. The van der Waals surface area contributed by atoms with Gasteiger partial charge < -0.3 is 15.2 Å². The van der Waals surface area contributed by atoms with Crippen LogP contribution in [0.5, 0.6) is 11.5 Å². The second-order valence-electron chi connectivity index (χ2n) is 5.42. The lowest BCUT2D eigenvalue weighted by Gasteiger charge is -2.09. The van der Waals surface area contributed by atoms with Crippen LogP contribution in [0.2, 0.25) is 0 Å². The molecule has 0 aliphatic rings. The number of ether oxygens (including phenoxy) is 1. The lowest BCUT2D eigenvalue weighted by molar-refractivity contribution is -0.123. The summed E-state index contributed by atoms with van der Waals surface area (Å²) in [5, 5.41) is 19.6. The first-order valence-electron chi connectivity index (χ1n) is 7.83. The standard InChI is InChI=1S/C18H18N4O3/c23-16-6-4-14(5-7-16)8-9-19-18(24)11-25-17-3-1-2-15(10-17)22-12-20-21-13-22/h1-7,10,12-13,23H,8-9,11H2,(H,19,24). The van der Waals surface area contributed by atoms with Gasteiger partial charge in [0, 0.05) is 12.6 Å². The largest absolute Gasteiger partial charge is 0.508 e. The third kappa shape index (κ3) is 4.81. The van der Waals surface area contributed by atoms with E-state index in [2.05, 4.69) is 15.5 Å². The Morgan fingerprint density at radius 3 is 2.64 bits per heavy atom. The van der Waals surface area contributed by atoms with Crippen LogP contribution in [-0.2, 0) is 11.2 Å². The van der Waals surface area contributed by atoms with Gasteiger partial charge in [-0.05, 0) is 36.2 Å². The van der Waals surface area contributed by atoms with Gasteiger partial charge in [-0.25, -0.2) is 0 Å². The molecule has 0 spiro atoms. The molecule has 1 aromatic heterocycles. The van der Waals surface area contributed by atoms with Crippen LogP contribution in [0.4, 0.5) is 0 Å². The number of rotatable bonds is 7. The van der Waals surface area contributed by atoms with Crippen LogP contribution in [0, 0.1) is 0 Å². The molecule has 0 radical (unpaired) electrons. The van der Waals surface area contributed by atoms with Gasteiger partial charge >= 0.3 is 0 Å². The summed E-state index contributed by atoms with van der Waals surface area (Å²) in [6.07, 6.45) is 3.87. The van der Waals surface area contributed by atoms with Crippen molar-refractivity contribution in [2.75, 3.05) is 13.2 Å². The number of phenols is 1. The quantitative estimate of drug-likeness (QED) is 0.684. The predicted molar refractivity (Wildman–Crippen MR) is 91.7 cm³/mol. The maximum atomic E-state index is 11.9. The van der Waals surface area contributed by atoms with Gasteiger partial charge in [-0.1, -0.05) is 18.2 Å². The highest BCUT2D eigenvalue weighted by atomic mass is 16.5. The zero-order valence-electron chi connectivity index (χ0n) is 13.5. The summed E-state index contributed by atoms with van der Waals surface area (Å²) in [7, 11) is 0. The van der Waals surface area contributed by atoms with Gasteiger partial charge in [0.25, 0.3) is 5.91 Å². The van der Waals surface area contributed by atoms with E-state index in [-0.39, 0.29) is 18.3 Å². The zero-order chi connectivity index (χ0) is 17.5. The lowest BCUT2D eigenvalue weighted by Crippen LogP contribution is -2.30. The minimum absolute atomic E-state index is 0.0544. The highest BCUT2D eigenvalue weighted by Gasteiger charge is 2.04. The number of nitrogens with zero attached hydrogens (tertiary/aromatic N) is 3. The van der Waals surface area contributed by atoms with E-state index in [1.54, 1.807) is 35.4 Å². The Balaban J connectivity index is 1.44. The molecule has 0 saturated heterocycles. The van der Waals surface area contributed by atoms with Gasteiger partial charge in [0.05, 0.1) is 5.69 Å². The zero-order valence-corrected chi connectivity index (χ0v) is 13.5. The van der Waals surface area contributed by atoms with E-state index in [1.807, 2.05) is 30.3 Å². The fourth-order valence-corrected chi connectivity index (χ4v) is 2.28. The molecule has 0 fully saturated rings. The number of amides is 1. The van der Waals surface area contributed by atoms with Crippen LogP contribution in [0.15, 0.2) is 61.2 Å². The van der Waals surface area contributed by atoms with Gasteiger partial charge in [-0.15, -0.1) is 10.2 Å². The van der Waals surface area contributed by atoms with Gasteiger partial charge in [0.1, 0.15) is 24.2 Å². The monoisotopic (exact) mass is 338 g/mol. The fourth-order valence-electron chi connectivity index (χ4n) is 2.28. The number of benzene rings is 2. The number of hydrogen-bond acceptors (Lipinski definition) is 5. The van der Waals surface area contributed by atoms with Crippen LogP contribution in [0.25, 0.3) is 5.69 Å². The Morgan fingerprint density at radius 2 is 1.88 bits per heavy atom. The van der Waals surface area contributed by atoms with E-state index < -0.39 is 0 Å².